The fraction of sp³-hybridized carbons (Fsp3) is 0. The van der Waals surface area contributed by atoms with Gasteiger partial charge < -0.3 is 0 Å². The molecule has 0 N–H and O–H groups in total. The third kappa shape index (κ3) is 5.37. The maximum Gasteiger partial charge on any atom is 0.0715 e. The van der Waals surface area contributed by atoms with Gasteiger partial charge in [0.25, 0.3) is 0 Å². The molecule has 0 spiro atoms. The zero-order valence-electron chi connectivity index (χ0n) is 28.2. The van der Waals surface area contributed by atoms with Crippen LogP contribution < -0.4 is 0 Å². The molecule has 7 aromatic carbocycles. The average Bonchev–Trinajstić information content (AvgIpc) is 3.22. The molecule has 0 bridgehead atoms. The fourth-order valence-corrected chi connectivity index (χ4v) is 7.54. The maximum absolute atomic E-state index is 5.34. The van der Waals surface area contributed by atoms with Crippen LogP contribution in [0.25, 0.3) is 99.0 Å². The van der Waals surface area contributed by atoms with E-state index in [4.69, 9.17) is 4.98 Å². The van der Waals surface area contributed by atoms with Gasteiger partial charge in [0.15, 0.2) is 0 Å². The van der Waals surface area contributed by atoms with Gasteiger partial charge >= 0.3 is 0 Å². The van der Waals surface area contributed by atoms with Crippen molar-refractivity contribution in [1.82, 2.24) is 15.0 Å². The Hall–Kier alpha value is -6.97. The van der Waals surface area contributed by atoms with E-state index < -0.39 is 0 Å². The summed E-state index contributed by atoms with van der Waals surface area (Å²) in [4.78, 5) is 14.2. The molecule has 0 amide bonds. The highest BCUT2D eigenvalue weighted by Gasteiger charge is 2.15. The highest BCUT2D eigenvalue weighted by atomic mass is 14.7. The van der Waals surface area contributed by atoms with E-state index in [0.29, 0.717) is 0 Å². The van der Waals surface area contributed by atoms with Gasteiger partial charge in [-0.1, -0.05) is 109 Å². The van der Waals surface area contributed by atoms with Crippen LogP contribution in [0.3, 0.4) is 0 Å². The summed E-state index contributed by atoms with van der Waals surface area (Å²) in [6.07, 6.45) is 7.64. The number of nitrogens with zero attached hydrogens (tertiary/aromatic N) is 3. The molecular weight excluding hydrogens is 631 g/mol. The Kier molecular flexibility index (Phi) is 7.14. The molecule has 0 atom stereocenters. The van der Waals surface area contributed by atoms with E-state index in [1.54, 1.807) is 0 Å². The summed E-state index contributed by atoms with van der Waals surface area (Å²) < 4.78 is 0. The van der Waals surface area contributed by atoms with Gasteiger partial charge in [-0.25, -0.2) is 4.98 Å². The van der Waals surface area contributed by atoms with E-state index in [9.17, 15) is 0 Å². The molecule has 242 valence electrons. The Morgan fingerprint density at radius 2 is 0.731 bits per heavy atom. The third-order valence-electron chi connectivity index (χ3n) is 10.2. The summed E-state index contributed by atoms with van der Waals surface area (Å²) in [5.41, 5.74) is 10.9. The summed E-state index contributed by atoms with van der Waals surface area (Å²) in [6, 6.07) is 58.9. The topological polar surface area (TPSA) is 38.7 Å². The number of rotatable bonds is 5. The van der Waals surface area contributed by atoms with E-state index in [2.05, 4.69) is 174 Å². The molecule has 3 heterocycles. The highest BCUT2D eigenvalue weighted by Crippen LogP contribution is 2.40. The lowest BCUT2D eigenvalue weighted by Gasteiger charge is -2.16. The van der Waals surface area contributed by atoms with Crippen molar-refractivity contribution in [2.75, 3.05) is 0 Å². The van der Waals surface area contributed by atoms with Crippen molar-refractivity contribution in [3.05, 3.63) is 189 Å². The SMILES string of the molecule is c1ccc2cc(-c3cc(-c4cc(-c5cccc6cnccc56)cc(-c5cccc6cnccc56)c4)cc(-c4ccc5ccccc5c4)n3)ccc2c1. The molecule has 10 aromatic rings. The monoisotopic (exact) mass is 661 g/mol. The first-order valence-corrected chi connectivity index (χ1v) is 17.6. The first-order chi connectivity index (χ1) is 25.7. The van der Waals surface area contributed by atoms with Crippen molar-refractivity contribution < 1.29 is 0 Å². The molecular formula is C49H31N3. The average molecular weight is 662 g/mol. The third-order valence-corrected chi connectivity index (χ3v) is 10.2. The Bertz CT molecular complexity index is 2770. The second-order valence-electron chi connectivity index (χ2n) is 13.4. The van der Waals surface area contributed by atoms with Crippen molar-refractivity contribution >= 4 is 43.1 Å². The lowest BCUT2D eigenvalue weighted by atomic mass is 9.89. The Morgan fingerprint density at radius 1 is 0.288 bits per heavy atom. The van der Waals surface area contributed by atoms with Gasteiger partial charge in [-0.3, -0.25) is 9.97 Å². The Balaban J connectivity index is 1.24. The Labute approximate surface area is 301 Å². The molecule has 0 saturated carbocycles. The van der Waals surface area contributed by atoms with Gasteiger partial charge in [-0.2, -0.15) is 0 Å². The number of fused-ring (bicyclic) bond motifs is 4. The van der Waals surface area contributed by atoms with Crippen molar-refractivity contribution in [2.45, 2.75) is 0 Å². The van der Waals surface area contributed by atoms with Crippen molar-refractivity contribution in [1.29, 1.82) is 0 Å². The second kappa shape index (κ2) is 12.4. The van der Waals surface area contributed by atoms with E-state index in [0.717, 1.165) is 55.5 Å². The molecule has 3 nitrogen and oxygen atoms in total. The van der Waals surface area contributed by atoms with Crippen LogP contribution in [0.2, 0.25) is 0 Å². The predicted molar refractivity (Wildman–Crippen MR) is 217 cm³/mol. The standard InChI is InChI=1S/C49H31N3/c1-3-9-34-23-36(17-15-32(34)7-1)48-28-41(29-49(52-48)37-18-16-33-8-2-4-10-35(33)24-37)40-25-42(44-13-5-11-38-30-50-21-19-46(38)44)27-43(26-40)45-14-6-12-39-31-51-22-20-47(39)45/h1-31H. The summed E-state index contributed by atoms with van der Waals surface area (Å²) in [6.45, 7) is 0. The van der Waals surface area contributed by atoms with E-state index in [-0.39, 0.29) is 0 Å². The first-order valence-electron chi connectivity index (χ1n) is 17.6. The second-order valence-corrected chi connectivity index (χ2v) is 13.4. The number of hydrogen-bond acceptors (Lipinski definition) is 3. The van der Waals surface area contributed by atoms with Gasteiger partial charge in [-0.15, -0.1) is 0 Å². The summed E-state index contributed by atoms with van der Waals surface area (Å²) in [7, 11) is 0. The first kappa shape index (κ1) is 29.9. The molecule has 0 radical (unpaired) electrons. The van der Waals surface area contributed by atoms with Crippen LogP contribution in [0.15, 0.2) is 189 Å². The van der Waals surface area contributed by atoms with Gasteiger partial charge in [-0.05, 0) is 120 Å². The zero-order valence-corrected chi connectivity index (χ0v) is 28.2. The smallest absolute Gasteiger partial charge is 0.0715 e. The van der Waals surface area contributed by atoms with E-state index in [1.165, 1.54) is 43.4 Å². The van der Waals surface area contributed by atoms with Gasteiger partial charge in [0.1, 0.15) is 0 Å². The fourth-order valence-electron chi connectivity index (χ4n) is 7.54. The molecule has 3 heteroatoms. The molecule has 10 rings (SSSR count). The van der Waals surface area contributed by atoms with Crippen LogP contribution in [-0.4, -0.2) is 15.0 Å². The summed E-state index contributed by atoms with van der Waals surface area (Å²) in [5.74, 6) is 0. The van der Waals surface area contributed by atoms with E-state index in [1.807, 2.05) is 24.8 Å². The van der Waals surface area contributed by atoms with Crippen LogP contribution in [0.4, 0.5) is 0 Å². The summed E-state index contributed by atoms with van der Waals surface area (Å²) >= 11 is 0. The maximum atomic E-state index is 5.34. The van der Waals surface area contributed by atoms with Crippen molar-refractivity contribution in [3.63, 3.8) is 0 Å². The lowest BCUT2D eigenvalue weighted by Crippen LogP contribution is -1.93. The van der Waals surface area contributed by atoms with E-state index >= 15 is 0 Å². The number of hydrogen-bond donors (Lipinski definition) is 0. The number of pyridine rings is 3. The molecule has 0 fully saturated rings. The van der Waals surface area contributed by atoms with Gasteiger partial charge in [0.05, 0.1) is 11.4 Å². The van der Waals surface area contributed by atoms with Crippen molar-refractivity contribution in [2.24, 2.45) is 0 Å². The summed E-state index contributed by atoms with van der Waals surface area (Å²) in [5, 5.41) is 9.39. The van der Waals surface area contributed by atoms with Gasteiger partial charge in [0.2, 0.25) is 0 Å². The minimum Gasteiger partial charge on any atom is -0.264 e. The minimum absolute atomic E-state index is 0.936. The molecule has 0 saturated heterocycles. The molecule has 52 heavy (non-hydrogen) atoms. The lowest BCUT2D eigenvalue weighted by molar-refractivity contribution is 1.33. The van der Waals surface area contributed by atoms with Crippen molar-refractivity contribution in [3.8, 4) is 55.9 Å². The molecule has 0 unspecified atom stereocenters. The molecule has 3 aromatic heterocycles. The number of benzene rings is 7. The molecule has 0 aliphatic rings. The highest BCUT2D eigenvalue weighted by molar-refractivity contribution is 6.01. The molecule has 0 aliphatic heterocycles. The Morgan fingerprint density at radius 3 is 1.25 bits per heavy atom. The quantitative estimate of drug-likeness (QED) is 0.184. The van der Waals surface area contributed by atoms with Crippen LogP contribution in [0, 0.1) is 0 Å². The molecule has 0 aliphatic carbocycles. The van der Waals surface area contributed by atoms with Crippen LogP contribution in [0.5, 0.6) is 0 Å². The van der Waals surface area contributed by atoms with Crippen LogP contribution >= 0.6 is 0 Å². The predicted octanol–water partition coefficient (Wildman–Crippen LogP) is 12.8. The van der Waals surface area contributed by atoms with Crippen LogP contribution in [-0.2, 0) is 0 Å². The van der Waals surface area contributed by atoms with Crippen LogP contribution in [0.1, 0.15) is 0 Å². The minimum atomic E-state index is 0.936. The largest absolute Gasteiger partial charge is 0.264 e. The van der Waals surface area contributed by atoms with Gasteiger partial charge in [0, 0.05) is 46.7 Å². The zero-order chi connectivity index (χ0) is 34.4. The normalized spacial score (nSPS) is 11.5. The number of aromatic nitrogens is 3.